The third-order valence-corrected chi connectivity index (χ3v) is 4.08. The molecule has 1 aliphatic heterocycles. The number of anilines is 1. The zero-order chi connectivity index (χ0) is 11.7. The molecule has 1 aromatic carbocycles. The number of piperazine rings is 1. The van der Waals surface area contributed by atoms with E-state index in [2.05, 4.69) is 70.9 Å². The van der Waals surface area contributed by atoms with Gasteiger partial charge in [0.25, 0.3) is 0 Å². The molecule has 1 aromatic rings. The van der Waals surface area contributed by atoms with Crippen LogP contribution < -0.4 is 4.90 Å². The summed E-state index contributed by atoms with van der Waals surface area (Å²) < 4.78 is 1.14. The van der Waals surface area contributed by atoms with E-state index >= 15 is 0 Å². The van der Waals surface area contributed by atoms with Crippen LogP contribution in [0.4, 0.5) is 5.69 Å². The van der Waals surface area contributed by atoms with Crippen LogP contribution in [0.25, 0.3) is 0 Å². The van der Waals surface area contributed by atoms with Crippen LogP contribution in [0.3, 0.4) is 0 Å². The largest absolute Gasteiger partial charge is 0.368 e. The maximum Gasteiger partial charge on any atom is 0.0368 e. The maximum atomic E-state index is 3.48. The van der Waals surface area contributed by atoms with Crippen molar-refractivity contribution in [3.63, 3.8) is 0 Å². The predicted octanol–water partition coefficient (Wildman–Crippen LogP) is 2.98. The van der Waals surface area contributed by atoms with Crippen LogP contribution in [0, 0.1) is 0 Å². The van der Waals surface area contributed by atoms with Gasteiger partial charge in [0.15, 0.2) is 0 Å². The van der Waals surface area contributed by atoms with Crippen molar-refractivity contribution in [2.24, 2.45) is 0 Å². The first kappa shape index (κ1) is 11.9. The SMILES string of the molecule is CC1CN(c2ccc(Br)cc2)CC(C)N1C. The van der Waals surface area contributed by atoms with Crippen molar-refractivity contribution in [2.75, 3.05) is 25.0 Å². The molecule has 0 amide bonds. The molecule has 1 fully saturated rings. The average Bonchev–Trinajstić information content (AvgIpc) is 2.26. The Hall–Kier alpha value is -0.540. The van der Waals surface area contributed by atoms with Gasteiger partial charge in [-0.25, -0.2) is 0 Å². The molecule has 0 aromatic heterocycles. The smallest absolute Gasteiger partial charge is 0.0368 e. The van der Waals surface area contributed by atoms with Crippen LogP contribution in [-0.2, 0) is 0 Å². The molecule has 0 aliphatic carbocycles. The molecular formula is C13H19BrN2. The number of nitrogens with zero attached hydrogens (tertiary/aromatic N) is 2. The molecule has 1 saturated heterocycles. The van der Waals surface area contributed by atoms with Crippen molar-refractivity contribution in [1.82, 2.24) is 4.90 Å². The molecule has 2 nitrogen and oxygen atoms in total. The topological polar surface area (TPSA) is 6.48 Å². The summed E-state index contributed by atoms with van der Waals surface area (Å²) in [5.74, 6) is 0. The molecule has 16 heavy (non-hydrogen) atoms. The number of hydrogen-bond acceptors (Lipinski definition) is 2. The molecule has 88 valence electrons. The molecular weight excluding hydrogens is 264 g/mol. The molecule has 0 bridgehead atoms. The Kier molecular flexibility index (Phi) is 3.55. The van der Waals surface area contributed by atoms with Crippen molar-refractivity contribution in [1.29, 1.82) is 0 Å². The highest BCUT2D eigenvalue weighted by molar-refractivity contribution is 9.10. The van der Waals surface area contributed by atoms with E-state index in [-0.39, 0.29) is 0 Å². The van der Waals surface area contributed by atoms with E-state index in [9.17, 15) is 0 Å². The van der Waals surface area contributed by atoms with Gasteiger partial charge in [0.2, 0.25) is 0 Å². The molecule has 0 N–H and O–H groups in total. The van der Waals surface area contributed by atoms with E-state index in [4.69, 9.17) is 0 Å². The maximum absolute atomic E-state index is 3.48. The fourth-order valence-electron chi connectivity index (χ4n) is 2.27. The minimum atomic E-state index is 0.618. The lowest BCUT2D eigenvalue weighted by molar-refractivity contribution is 0.170. The highest BCUT2D eigenvalue weighted by Gasteiger charge is 2.26. The third kappa shape index (κ3) is 2.41. The van der Waals surface area contributed by atoms with E-state index in [0.717, 1.165) is 17.6 Å². The Balaban J connectivity index is 2.13. The van der Waals surface area contributed by atoms with Crippen molar-refractivity contribution >= 4 is 21.6 Å². The van der Waals surface area contributed by atoms with Gasteiger partial charge < -0.3 is 4.90 Å². The molecule has 0 radical (unpaired) electrons. The van der Waals surface area contributed by atoms with Crippen molar-refractivity contribution in [3.8, 4) is 0 Å². The van der Waals surface area contributed by atoms with Gasteiger partial charge in [-0.2, -0.15) is 0 Å². The van der Waals surface area contributed by atoms with E-state index in [1.807, 2.05) is 0 Å². The Morgan fingerprint density at radius 3 is 2.06 bits per heavy atom. The van der Waals surface area contributed by atoms with Crippen LogP contribution in [0.15, 0.2) is 28.7 Å². The summed E-state index contributed by atoms with van der Waals surface area (Å²) >= 11 is 3.48. The summed E-state index contributed by atoms with van der Waals surface area (Å²) in [5.41, 5.74) is 1.33. The predicted molar refractivity (Wildman–Crippen MR) is 73.0 cm³/mol. The van der Waals surface area contributed by atoms with Gasteiger partial charge in [-0.1, -0.05) is 15.9 Å². The summed E-state index contributed by atoms with van der Waals surface area (Å²) in [6.45, 7) is 6.81. The van der Waals surface area contributed by atoms with Gasteiger partial charge in [-0.15, -0.1) is 0 Å². The molecule has 3 heteroatoms. The summed E-state index contributed by atoms with van der Waals surface area (Å²) in [6, 6.07) is 9.84. The molecule has 1 aliphatic rings. The van der Waals surface area contributed by atoms with Crippen LogP contribution in [0.2, 0.25) is 0 Å². The lowest BCUT2D eigenvalue weighted by atomic mass is 10.1. The summed E-state index contributed by atoms with van der Waals surface area (Å²) in [6.07, 6.45) is 0. The fraction of sp³-hybridized carbons (Fsp3) is 0.538. The van der Waals surface area contributed by atoms with E-state index in [0.29, 0.717) is 12.1 Å². The number of rotatable bonds is 1. The molecule has 0 saturated carbocycles. The highest BCUT2D eigenvalue weighted by Crippen LogP contribution is 2.23. The Bertz CT molecular complexity index is 337. The zero-order valence-corrected chi connectivity index (χ0v) is 11.7. The van der Waals surface area contributed by atoms with Gasteiger partial charge in [0.05, 0.1) is 0 Å². The molecule has 2 rings (SSSR count). The lowest BCUT2D eigenvalue weighted by Crippen LogP contribution is -2.55. The number of likely N-dealkylation sites (N-methyl/N-ethyl adjacent to an activating group) is 1. The third-order valence-electron chi connectivity index (χ3n) is 3.55. The monoisotopic (exact) mass is 282 g/mol. The highest BCUT2D eigenvalue weighted by atomic mass is 79.9. The minimum Gasteiger partial charge on any atom is -0.368 e. The van der Waals surface area contributed by atoms with Gasteiger partial charge in [-0.3, -0.25) is 4.90 Å². The van der Waals surface area contributed by atoms with Gasteiger partial charge in [-0.05, 0) is 45.2 Å². The molecule has 1 heterocycles. The second-order valence-electron chi connectivity index (χ2n) is 4.74. The Labute approximate surface area is 106 Å². The Morgan fingerprint density at radius 1 is 1.06 bits per heavy atom. The van der Waals surface area contributed by atoms with Crippen LogP contribution in [0.5, 0.6) is 0 Å². The second-order valence-corrected chi connectivity index (χ2v) is 5.66. The van der Waals surface area contributed by atoms with Gasteiger partial charge in [0.1, 0.15) is 0 Å². The zero-order valence-electron chi connectivity index (χ0n) is 10.2. The summed E-state index contributed by atoms with van der Waals surface area (Å²) in [7, 11) is 2.22. The normalized spacial score (nSPS) is 27.1. The molecule has 2 atom stereocenters. The summed E-state index contributed by atoms with van der Waals surface area (Å²) in [4.78, 5) is 4.93. The van der Waals surface area contributed by atoms with Gasteiger partial charge in [0, 0.05) is 35.3 Å². The molecule has 2 unspecified atom stereocenters. The van der Waals surface area contributed by atoms with Crippen LogP contribution >= 0.6 is 15.9 Å². The fourth-order valence-corrected chi connectivity index (χ4v) is 2.53. The van der Waals surface area contributed by atoms with E-state index in [1.54, 1.807) is 0 Å². The second kappa shape index (κ2) is 4.76. The van der Waals surface area contributed by atoms with Crippen molar-refractivity contribution in [3.05, 3.63) is 28.7 Å². The minimum absolute atomic E-state index is 0.618. The van der Waals surface area contributed by atoms with Crippen LogP contribution in [0.1, 0.15) is 13.8 Å². The number of benzene rings is 1. The first-order valence-corrected chi connectivity index (χ1v) is 6.59. The van der Waals surface area contributed by atoms with Crippen molar-refractivity contribution in [2.45, 2.75) is 25.9 Å². The first-order chi connectivity index (χ1) is 7.58. The number of hydrogen-bond donors (Lipinski definition) is 0. The van der Waals surface area contributed by atoms with Crippen LogP contribution in [-0.4, -0.2) is 37.1 Å². The average molecular weight is 283 g/mol. The standard InChI is InChI=1S/C13H19BrN2/c1-10-8-16(9-11(2)15(10)3)13-6-4-12(14)5-7-13/h4-7,10-11H,8-9H2,1-3H3. The first-order valence-electron chi connectivity index (χ1n) is 5.80. The number of halogens is 1. The van der Waals surface area contributed by atoms with E-state index < -0.39 is 0 Å². The lowest BCUT2D eigenvalue weighted by Gasteiger charge is -2.43. The van der Waals surface area contributed by atoms with Crippen molar-refractivity contribution < 1.29 is 0 Å². The molecule has 0 spiro atoms. The summed E-state index contributed by atoms with van der Waals surface area (Å²) in [5, 5.41) is 0. The Morgan fingerprint density at radius 2 is 1.56 bits per heavy atom. The van der Waals surface area contributed by atoms with E-state index in [1.165, 1.54) is 5.69 Å². The van der Waals surface area contributed by atoms with Gasteiger partial charge >= 0.3 is 0 Å². The quantitative estimate of drug-likeness (QED) is 0.782.